The number of ether oxygens (including phenoxy) is 2. The number of nitrogens with zero attached hydrogens (tertiary/aromatic N) is 3. The average Bonchev–Trinajstić information content (AvgIpc) is 3.20. The molecule has 3 rings (SSSR count). The summed E-state index contributed by atoms with van der Waals surface area (Å²) in [5.74, 6) is 1.57. The highest BCUT2D eigenvalue weighted by molar-refractivity contribution is 5.31. The summed E-state index contributed by atoms with van der Waals surface area (Å²) < 4.78 is 10.8. The molecule has 6 nitrogen and oxygen atoms in total. The Labute approximate surface area is 157 Å². The predicted octanol–water partition coefficient (Wildman–Crippen LogP) is 1.15. The SMILES string of the molecule is COc1ccc(OC[C@H](O)CN2CCN(CCN3CCCC3)CC2)cc1. The van der Waals surface area contributed by atoms with Gasteiger partial charge in [0, 0.05) is 45.8 Å². The molecule has 1 atom stereocenters. The maximum atomic E-state index is 10.3. The van der Waals surface area contributed by atoms with Gasteiger partial charge >= 0.3 is 0 Å². The largest absolute Gasteiger partial charge is 0.497 e. The van der Waals surface area contributed by atoms with E-state index in [9.17, 15) is 5.11 Å². The van der Waals surface area contributed by atoms with E-state index in [4.69, 9.17) is 9.47 Å². The zero-order valence-corrected chi connectivity index (χ0v) is 16.0. The summed E-state index contributed by atoms with van der Waals surface area (Å²) in [4.78, 5) is 7.47. The molecular formula is C20H33N3O3. The summed E-state index contributed by atoms with van der Waals surface area (Å²) in [5.41, 5.74) is 0. The summed E-state index contributed by atoms with van der Waals surface area (Å²) in [7, 11) is 1.64. The van der Waals surface area contributed by atoms with E-state index >= 15 is 0 Å². The lowest BCUT2D eigenvalue weighted by atomic mass is 10.2. The minimum Gasteiger partial charge on any atom is -0.497 e. The van der Waals surface area contributed by atoms with E-state index in [0.29, 0.717) is 13.2 Å². The second-order valence-electron chi connectivity index (χ2n) is 7.33. The molecule has 2 heterocycles. The highest BCUT2D eigenvalue weighted by atomic mass is 16.5. The molecule has 0 saturated carbocycles. The number of piperazine rings is 1. The van der Waals surface area contributed by atoms with E-state index in [1.807, 2.05) is 24.3 Å². The zero-order valence-electron chi connectivity index (χ0n) is 16.0. The van der Waals surface area contributed by atoms with Gasteiger partial charge in [0.05, 0.1) is 7.11 Å². The van der Waals surface area contributed by atoms with Crippen LogP contribution >= 0.6 is 0 Å². The van der Waals surface area contributed by atoms with Gasteiger partial charge in [0.25, 0.3) is 0 Å². The van der Waals surface area contributed by atoms with Crippen molar-refractivity contribution in [2.45, 2.75) is 18.9 Å². The third-order valence-corrected chi connectivity index (χ3v) is 5.37. The predicted molar refractivity (Wildman–Crippen MR) is 103 cm³/mol. The number of rotatable bonds is 9. The molecule has 1 aromatic rings. The molecule has 146 valence electrons. The van der Waals surface area contributed by atoms with Crippen molar-refractivity contribution in [1.29, 1.82) is 0 Å². The Morgan fingerprint density at radius 1 is 0.846 bits per heavy atom. The van der Waals surface area contributed by atoms with Gasteiger partial charge in [0.2, 0.25) is 0 Å². The Kier molecular flexibility index (Phi) is 7.55. The lowest BCUT2D eigenvalue weighted by Crippen LogP contribution is -2.50. The van der Waals surface area contributed by atoms with E-state index < -0.39 is 6.10 Å². The molecule has 26 heavy (non-hydrogen) atoms. The van der Waals surface area contributed by atoms with Gasteiger partial charge in [-0.2, -0.15) is 0 Å². The summed E-state index contributed by atoms with van der Waals surface area (Å²) in [6, 6.07) is 7.46. The third-order valence-electron chi connectivity index (χ3n) is 5.37. The van der Waals surface area contributed by atoms with Crippen molar-refractivity contribution in [3.8, 4) is 11.5 Å². The lowest BCUT2D eigenvalue weighted by Gasteiger charge is -2.36. The van der Waals surface area contributed by atoms with Gasteiger partial charge < -0.3 is 19.5 Å². The number of likely N-dealkylation sites (tertiary alicyclic amines) is 1. The van der Waals surface area contributed by atoms with Crippen molar-refractivity contribution in [2.75, 3.05) is 72.6 Å². The summed E-state index contributed by atoms with van der Waals surface area (Å²) >= 11 is 0. The monoisotopic (exact) mass is 363 g/mol. The fourth-order valence-corrected chi connectivity index (χ4v) is 3.70. The minimum absolute atomic E-state index is 0.321. The molecule has 6 heteroatoms. The van der Waals surface area contributed by atoms with Crippen LogP contribution in [0.15, 0.2) is 24.3 Å². The minimum atomic E-state index is -0.465. The number of β-amino-alcohol motifs (C(OH)–C–C–N with tert-alkyl or cyclic N) is 1. The second kappa shape index (κ2) is 10.1. The van der Waals surface area contributed by atoms with Crippen molar-refractivity contribution in [3.05, 3.63) is 24.3 Å². The van der Waals surface area contributed by atoms with Crippen LogP contribution in [0.4, 0.5) is 0 Å². The van der Waals surface area contributed by atoms with Crippen molar-refractivity contribution in [3.63, 3.8) is 0 Å². The first kappa shape index (κ1) is 19.4. The molecule has 0 bridgehead atoms. The number of aliphatic hydroxyl groups is 1. The molecule has 2 fully saturated rings. The number of hydrogen-bond acceptors (Lipinski definition) is 6. The van der Waals surface area contributed by atoms with Crippen LogP contribution in [-0.2, 0) is 0 Å². The van der Waals surface area contributed by atoms with Gasteiger partial charge in [-0.05, 0) is 50.2 Å². The highest BCUT2D eigenvalue weighted by Gasteiger charge is 2.20. The molecule has 0 spiro atoms. The molecule has 2 aliphatic heterocycles. The number of benzene rings is 1. The Morgan fingerprint density at radius 2 is 1.38 bits per heavy atom. The van der Waals surface area contributed by atoms with Crippen LogP contribution in [-0.4, -0.2) is 98.5 Å². The van der Waals surface area contributed by atoms with Crippen molar-refractivity contribution < 1.29 is 14.6 Å². The Balaban J connectivity index is 1.29. The topological polar surface area (TPSA) is 48.4 Å². The van der Waals surface area contributed by atoms with Crippen molar-refractivity contribution in [2.24, 2.45) is 0 Å². The van der Waals surface area contributed by atoms with Gasteiger partial charge in [-0.3, -0.25) is 9.80 Å². The number of aliphatic hydroxyl groups excluding tert-OH is 1. The van der Waals surface area contributed by atoms with E-state index in [2.05, 4.69) is 14.7 Å². The fourth-order valence-electron chi connectivity index (χ4n) is 3.70. The first-order chi connectivity index (χ1) is 12.7. The number of hydrogen-bond donors (Lipinski definition) is 1. The molecule has 1 aromatic carbocycles. The normalized spacial score (nSPS) is 21.0. The number of methoxy groups -OCH3 is 1. The highest BCUT2D eigenvalue weighted by Crippen LogP contribution is 2.17. The van der Waals surface area contributed by atoms with E-state index in [1.165, 1.54) is 39.0 Å². The van der Waals surface area contributed by atoms with Gasteiger partial charge in [-0.25, -0.2) is 0 Å². The Hall–Kier alpha value is -1.34. The first-order valence-corrected chi connectivity index (χ1v) is 9.85. The van der Waals surface area contributed by atoms with Crippen LogP contribution in [0.2, 0.25) is 0 Å². The lowest BCUT2D eigenvalue weighted by molar-refractivity contribution is 0.0446. The van der Waals surface area contributed by atoms with Crippen LogP contribution in [0.3, 0.4) is 0 Å². The van der Waals surface area contributed by atoms with Crippen LogP contribution in [0, 0.1) is 0 Å². The molecule has 0 aromatic heterocycles. The van der Waals surface area contributed by atoms with Gasteiger partial charge in [0.1, 0.15) is 24.2 Å². The second-order valence-corrected chi connectivity index (χ2v) is 7.33. The molecular weight excluding hydrogens is 330 g/mol. The van der Waals surface area contributed by atoms with E-state index in [1.54, 1.807) is 7.11 Å². The van der Waals surface area contributed by atoms with Crippen LogP contribution in [0.1, 0.15) is 12.8 Å². The molecule has 0 amide bonds. The van der Waals surface area contributed by atoms with Gasteiger partial charge in [-0.1, -0.05) is 0 Å². The molecule has 0 unspecified atom stereocenters. The van der Waals surface area contributed by atoms with Gasteiger partial charge in [0.15, 0.2) is 0 Å². The van der Waals surface area contributed by atoms with Crippen molar-refractivity contribution in [1.82, 2.24) is 14.7 Å². The summed E-state index contributed by atoms with van der Waals surface area (Å²) in [6.45, 7) is 10.2. The summed E-state index contributed by atoms with van der Waals surface area (Å²) in [5, 5.41) is 10.3. The third kappa shape index (κ3) is 6.13. The smallest absolute Gasteiger partial charge is 0.119 e. The maximum absolute atomic E-state index is 10.3. The molecule has 0 aliphatic carbocycles. The first-order valence-electron chi connectivity index (χ1n) is 9.85. The fraction of sp³-hybridized carbons (Fsp3) is 0.700. The maximum Gasteiger partial charge on any atom is 0.119 e. The van der Waals surface area contributed by atoms with E-state index in [-0.39, 0.29) is 0 Å². The van der Waals surface area contributed by atoms with Crippen molar-refractivity contribution >= 4 is 0 Å². The standard InChI is InChI=1S/C20H33N3O3/c1-25-19-4-6-20(7-5-19)26-17-18(24)16-23-14-12-22(13-15-23)11-10-21-8-2-3-9-21/h4-7,18,24H,2-3,8-17H2,1H3/t18-/m1/s1. The van der Waals surface area contributed by atoms with Gasteiger partial charge in [-0.15, -0.1) is 0 Å². The quantitative estimate of drug-likeness (QED) is 0.710. The van der Waals surface area contributed by atoms with E-state index in [0.717, 1.165) is 37.7 Å². The molecule has 1 N–H and O–H groups in total. The zero-order chi connectivity index (χ0) is 18.2. The average molecular weight is 364 g/mol. The molecule has 0 radical (unpaired) electrons. The van der Waals surface area contributed by atoms with Crippen LogP contribution < -0.4 is 9.47 Å². The van der Waals surface area contributed by atoms with Crippen LogP contribution in [0.25, 0.3) is 0 Å². The summed E-state index contributed by atoms with van der Waals surface area (Å²) in [6.07, 6.45) is 2.27. The van der Waals surface area contributed by atoms with Crippen LogP contribution in [0.5, 0.6) is 11.5 Å². The Morgan fingerprint density at radius 3 is 2.00 bits per heavy atom. The molecule has 2 saturated heterocycles. The molecule has 2 aliphatic rings. The Bertz CT molecular complexity index is 512.